The number of benzene rings is 1. The van der Waals surface area contributed by atoms with Crippen molar-refractivity contribution in [1.82, 2.24) is 34.3 Å². The number of halogens is 1. The summed E-state index contributed by atoms with van der Waals surface area (Å²) >= 11 is 0. The van der Waals surface area contributed by atoms with Crippen molar-refractivity contribution in [2.24, 2.45) is 0 Å². The molecule has 11 nitrogen and oxygen atoms in total. The van der Waals surface area contributed by atoms with Gasteiger partial charge in [0, 0.05) is 30.5 Å². The normalized spacial score (nSPS) is 17.2. The number of nitrogens with zero attached hydrogens (tertiary/aromatic N) is 8. The molecular formula is C21H26FN9O2. The Morgan fingerprint density at radius 1 is 1.27 bits per heavy atom. The van der Waals surface area contributed by atoms with E-state index in [9.17, 15) is 9.50 Å². The zero-order valence-electron chi connectivity index (χ0n) is 18.7. The molecule has 4 aromatic rings. The number of aromatic nitrogens is 7. The monoisotopic (exact) mass is 455 g/mol. The van der Waals surface area contributed by atoms with Crippen molar-refractivity contribution in [3.8, 4) is 5.75 Å². The predicted molar refractivity (Wildman–Crippen MR) is 120 cm³/mol. The van der Waals surface area contributed by atoms with Crippen LogP contribution >= 0.6 is 0 Å². The zero-order chi connectivity index (χ0) is 23.3. The zero-order valence-corrected chi connectivity index (χ0v) is 18.7. The maximum absolute atomic E-state index is 14.4. The van der Waals surface area contributed by atoms with E-state index in [-0.39, 0.29) is 17.6 Å². The van der Waals surface area contributed by atoms with Crippen LogP contribution in [0.4, 0.5) is 16.3 Å². The first kappa shape index (κ1) is 21.3. The number of fused-ring (bicyclic) bond motifs is 3. The van der Waals surface area contributed by atoms with Gasteiger partial charge in [0.25, 0.3) is 0 Å². The molecule has 1 aromatic carbocycles. The van der Waals surface area contributed by atoms with Crippen molar-refractivity contribution in [1.29, 1.82) is 0 Å². The van der Waals surface area contributed by atoms with Gasteiger partial charge in [-0.05, 0) is 32.8 Å². The SMILES string of the molecule is COc1cc2nc(N)n3nc(C4CCCN(c5ncn(CC(C)(C)O)n5)C4)nc3c2cc1F. The molecule has 0 aliphatic carbocycles. The first-order valence-corrected chi connectivity index (χ1v) is 10.8. The largest absolute Gasteiger partial charge is 0.494 e. The van der Waals surface area contributed by atoms with Crippen molar-refractivity contribution < 1.29 is 14.2 Å². The smallest absolute Gasteiger partial charge is 0.244 e. The van der Waals surface area contributed by atoms with Gasteiger partial charge < -0.3 is 20.5 Å². The third kappa shape index (κ3) is 4.01. The van der Waals surface area contributed by atoms with E-state index in [1.807, 2.05) is 0 Å². The van der Waals surface area contributed by atoms with Crippen LogP contribution in [0.15, 0.2) is 18.5 Å². The number of anilines is 2. The maximum Gasteiger partial charge on any atom is 0.244 e. The second kappa shape index (κ2) is 7.80. The minimum atomic E-state index is -0.879. The van der Waals surface area contributed by atoms with E-state index in [0.717, 1.165) is 19.4 Å². The van der Waals surface area contributed by atoms with Gasteiger partial charge in [-0.1, -0.05) is 0 Å². The number of hydrogen-bond donors (Lipinski definition) is 2. The molecule has 0 amide bonds. The standard InChI is InChI=1S/C21H26FN9O2/c1-21(2,32)10-30-11-24-20(28-30)29-6-4-5-12(9-29)17-26-18-13-7-14(22)16(33-3)8-15(13)25-19(23)31(18)27-17/h7-8,11-12,32H,4-6,9-10H2,1-3H3,(H2,23,25). The molecule has 0 spiro atoms. The van der Waals surface area contributed by atoms with Crippen molar-refractivity contribution in [2.75, 3.05) is 30.8 Å². The lowest BCUT2D eigenvalue weighted by atomic mass is 9.98. The van der Waals surface area contributed by atoms with Gasteiger partial charge in [0.05, 0.1) is 24.8 Å². The fraction of sp³-hybridized carbons (Fsp3) is 0.476. The quantitative estimate of drug-likeness (QED) is 0.462. The Balaban J connectivity index is 1.46. The Hall–Kier alpha value is -3.54. The Kier molecular flexibility index (Phi) is 5.04. The second-order valence-electron chi connectivity index (χ2n) is 9.02. The Morgan fingerprint density at radius 3 is 2.85 bits per heavy atom. The van der Waals surface area contributed by atoms with Crippen LogP contribution < -0.4 is 15.4 Å². The molecule has 5 rings (SSSR count). The molecule has 0 saturated carbocycles. The Labute approximate surface area is 189 Å². The molecule has 1 unspecified atom stereocenters. The van der Waals surface area contributed by atoms with E-state index < -0.39 is 11.4 Å². The van der Waals surface area contributed by atoms with Gasteiger partial charge in [-0.25, -0.2) is 24.0 Å². The molecule has 0 bridgehead atoms. The number of piperidine rings is 1. The van der Waals surface area contributed by atoms with E-state index in [0.29, 0.717) is 41.4 Å². The molecule has 1 saturated heterocycles. The summed E-state index contributed by atoms with van der Waals surface area (Å²) in [5.41, 5.74) is 6.20. The van der Waals surface area contributed by atoms with Crippen LogP contribution in [-0.4, -0.2) is 65.3 Å². The minimum absolute atomic E-state index is 0.0254. The average Bonchev–Trinajstić information content (AvgIpc) is 3.41. The highest BCUT2D eigenvalue weighted by Gasteiger charge is 2.28. The van der Waals surface area contributed by atoms with E-state index in [4.69, 9.17) is 15.5 Å². The highest BCUT2D eigenvalue weighted by molar-refractivity contribution is 5.93. The molecule has 1 aliphatic rings. The molecular weight excluding hydrogens is 429 g/mol. The number of aliphatic hydroxyl groups is 1. The lowest BCUT2D eigenvalue weighted by Crippen LogP contribution is -2.35. The predicted octanol–water partition coefficient (Wildman–Crippen LogP) is 1.75. The van der Waals surface area contributed by atoms with Gasteiger partial charge in [-0.2, -0.15) is 4.52 Å². The summed E-state index contributed by atoms with van der Waals surface area (Å²) in [5, 5.41) is 19.7. The van der Waals surface area contributed by atoms with Crippen LogP contribution in [-0.2, 0) is 6.54 Å². The van der Waals surface area contributed by atoms with Crippen LogP contribution in [0.1, 0.15) is 38.4 Å². The van der Waals surface area contributed by atoms with E-state index >= 15 is 0 Å². The summed E-state index contributed by atoms with van der Waals surface area (Å²) in [7, 11) is 1.40. The van der Waals surface area contributed by atoms with Crippen LogP contribution in [0.2, 0.25) is 0 Å². The number of hydrogen-bond acceptors (Lipinski definition) is 9. The topological polar surface area (TPSA) is 133 Å². The Morgan fingerprint density at radius 2 is 2.09 bits per heavy atom. The van der Waals surface area contributed by atoms with Crippen molar-refractivity contribution >= 4 is 28.4 Å². The van der Waals surface area contributed by atoms with Gasteiger partial charge in [0.15, 0.2) is 23.0 Å². The van der Waals surface area contributed by atoms with Gasteiger partial charge >= 0.3 is 0 Å². The molecule has 33 heavy (non-hydrogen) atoms. The third-order valence-corrected chi connectivity index (χ3v) is 5.73. The average molecular weight is 455 g/mol. The fourth-order valence-electron chi connectivity index (χ4n) is 4.25. The van der Waals surface area contributed by atoms with Gasteiger partial charge in [0.1, 0.15) is 6.33 Å². The number of rotatable bonds is 5. The lowest BCUT2D eigenvalue weighted by molar-refractivity contribution is 0.0577. The second-order valence-corrected chi connectivity index (χ2v) is 9.02. The van der Waals surface area contributed by atoms with Crippen molar-refractivity contribution in [3.63, 3.8) is 0 Å². The summed E-state index contributed by atoms with van der Waals surface area (Å²) < 4.78 is 22.5. The molecule has 0 radical (unpaired) electrons. The molecule has 1 atom stereocenters. The Bertz CT molecular complexity index is 1330. The van der Waals surface area contributed by atoms with E-state index in [1.165, 1.54) is 23.8 Å². The van der Waals surface area contributed by atoms with Gasteiger partial charge in [-0.15, -0.1) is 10.2 Å². The highest BCUT2D eigenvalue weighted by atomic mass is 19.1. The van der Waals surface area contributed by atoms with Crippen LogP contribution in [0, 0.1) is 5.82 Å². The number of ether oxygens (including phenoxy) is 1. The summed E-state index contributed by atoms with van der Waals surface area (Å²) in [6.45, 7) is 5.26. The molecule has 1 aliphatic heterocycles. The number of nitrogens with two attached hydrogens (primary N) is 1. The van der Waals surface area contributed by atoms with Gasteiger partial charge in [0.2, 0.25) is 11.9 Å². The van der Waals surface area contributed by atoms with Gasteiger partial charge in [-0.3, -0.25) is 0 Å². The van der Waals surface area contributed by atoms with E-state index in [2.05, 4.69) is 25.1 Å². The molecule has 3 aromatic heterocycles. The molecule has 1 fully saturated rings. The maximum atomic E-state index is 14.4. The summed E-state index contributed by atoms with van der Waals surface area (Å²) in [4.78, 5) is 15.6. The van der Waals surface area contributed by atoms with Crippen LogP contribution in [0.25, 0.3) is 16.6 Å². The first-order chi connectivity index (χ1) is 15.7. The molecule has 174 valence electrons. The molecule has 3 N–H and O–H groups in total. The summed E-state index contributed by atoms with van der Waals surface area (Å²) in [6.07, 6.45) is 3.44. The van der Waals surface area contributed by atoms with Crippen molar-refractivity contribution in [3.05, 3.63) is 30.1 Å². The summed E-state index contributed by atoms with van der Waals surface area (Å²) in [5.74, 6) is 1.01. The molecule has 12 heteroatoms. The summed E-state index contributed by atoms with van der Waals surface area (Å²) in [6, 6.07) is 2.86. The lowest BCUT2D eigenvalue weighted by Gasteiger charge is -2.30. The molecule has 4 heterocycles. The third-order valence-electron chi connectivity index (χ3n) is 5.73. The van der Waals surface area contributed by atoms with Crippen molar-refractivity contribution in [2.45, 2.75) is 44.8 Å². The van der Waals surface area contributed by atoms with Crippen LogP contribution in [0.3, 0.4) is 0 Å². The fourth-order valence-corrected chi connectivity index (χ4v) is 4.25. The van der Waals surface area contributed by atoms with E-state index in [1.54, 1.807) is 24.9 Å². The van der Waals surface area contributed by atoms with Crippen LogP contribution in [0.5, 0.6) is 5.75 Å². The highest BCUT2D eigenvalue weighted by Crippen LogP contribution is 2.31. The number of nitrogen functional groups attached to an aromatic ring is 1. The number of methoxy groups -OCH3 is 1. The first-order valence-electron chi connectivity index (χ1n) is 10.8. The minimum Gasteiger partial charge on any atom is -0.494 e.